The number of ether oxygens (including phenoxy) is 1. The number of benzene rings is 1. The monoisotopic (exact) mass is 346 g/mol. The lowest BCUT2D eigenvalue weighted by Crippen LogP contribution is -2.51. The van der Waals surface area contributed by atoms with Gasteiger partial charge in [-0.15, -0.1) is 0 Å². The summed E-state index contributed by atoms with van der Waals surface area (Å²) in [4.78, 5) is 27.1. The van der Waals surface area contributed by atoms with Gasteiger partial charge in [-0.25, -0.2) is 0 Å². The fourth-order valence-electron chi connectivity index (χ4n) is 3.07. The van der Waals surface area contributed by atoms with Gasteiger partial charge < -0.3 is 15.0 Å². The molecule has 1 saturated heterocycles. The van der Waals surface area contributed by atoms with Gasteiger partial charge in [-0.3, -0.25) is 9.59 Å². The molecule has 25 heavy (non-hydrogen) atoms. The highest BCUT2D eigenvalue weighted by molar-refractivity contribution is 6.04. The van der Waals surface area contributed by atoms with Gasteiger partial charge in [-0.2, -0.15) is 0 Å². The Labute approximate surface area is 150 Å². The molecule has 1 aliphatic heterocycles. The Balaban J connectivity index is 1.86. The van der Waals surface area contributed by atoms with Crippen molar-refractivity contribution in [3.8, 4) is 5.75 Å². The first-order chi connectivity index (χ1) is 11.8. The van der Waals surface area contributed by atoms with E-state index in [9.17, 15) is 9.59 Å². The second-order valence-electron chi connectivity index (χ2n) is 7.46. The molecular weight excluding hydrogens is 316 g/mol. The van der Waals surface area contributed by atoms with Crippen LogP contribution in [0.25, 0.3) is 0 Å². The summed E-state index contributed by atoms with van der Waals surface area (Å²) in [7, 11) is 1.64. The third kappa shape index (κ3) is 4.97. The van der Waals surface area contributed by atoms with Gasteiger partial charge in [0.2, 0.25) is 11.8 Å². The lowest BCUT2D eigenvalue weighted by Gasteiger charge is -2.35. The van der Waals surface area contributed by atoms with Crippen LogP contribution in [0.15, 0.2) is 24.3 Å². The van der Waals surface area contributed by atoms with Gasteiger partial charge in [0.1, 0.15) is 11.2 Å². The van der Waals surface area contributed by atoms with Crippen molar-refractivity contribution in [2.75, 3.05) is 26.7 Å². The zero-order valence-electron chi connectivity index (χ0n) is 15.8. The number of hydrogen-bond donors (Lipinski definition) is 1. The Morgan fingerprint density at radius 3 is 2.60 bits per heavy atom. The van der Waals surface area contributed by atoms with E-state index in [1.54, 1.807) is 21.0 Å². The molecular formula is C20H30N2O3. The van der Waals surface area contributed by atoms with Gasteiger partial charge >= 0.3 is 0 Å². The van der Waals surface area contributed by atoms with E-state index in [-0.39, 0.29) is 11.8 Å². The third-order valence-corrected chi connectivity index (χ3v) is 5.01. The average molecular weight is 346 g/mol. The molecule has 1 aromatic carbocycles. The predicted molar refractivity (Wildman–Crippen MR) is 98.5 cm³/mol. The smallest absolute Gasteiger partial charge is 0.237 e. The SMILES string of the molecule is COc1cccc(CCNC(=O)C(C)(C)C(=O)N2CCC(C)CC2)c1. The second kappa shape index (κ2) is 8.37. The fourth-order valence-corrected chi connectivity index (χ4v) is 3.07. The standard InChI is InChI=1S/C20H30N2O3/c1-15-9-12-22(13-10-15)19(24)20(2,3)18(23)21-11-8-16-6-5-7-17(14-16)25-4/h5-7,14-15H,8-13H2,1-4H3,(H,21,23). The van der Waals surface area contributed by atoms with Crippen molar-refractivity contribution in [3.63, 3.8) is 0 Å². The quantitative estimate of drug-likeness (QED) is 0.806. The Morgan fingerprint density at radius 2 is 1.96 bits per heavy atom. The van der Waals surface area contributed by atoms with Crippen LogP contribution in [-0.2, 0) is 16.0 Å². The molecule has 1 heterocycles. The highest BCUT2D eigenvalue weighted by Crippen LogP contribution is 2.24. The van der Waals surface area contributed by atoms with Crippen LogP contribution in [0.1, 0.15) is 39.2 Å². The minimum atomic E-state index is -1.03. The first-order valence-electron chi connectivity index (χ1n) is 9.05. The number of hydrogen-bond acceptors (Lipinski definition) is 3. The summed E-state index contributed by atoms with van der Waals surface area (Å²) in [6, 6.07) is 7.78. The van der Waals surface area contributed by atoms with Gasteiger partial charge in [0.15, 0.2) is 0 Å². The lowest BCUT2D eigenvalue weighted by molar-refractivity contribution is -0.149. The molecule has 0 bridgehead atoms. The van der Waals surface area contributed by atoms with E-state index >= 15 is 0 Å². The van der Waals surface area contributed by atoms with E-state index in [2.05, 4.69) is 12.2 Å². The minimum Gasteiger partial charge on any atom is -0.497 e. The molecule has 1 aliphatic rings. The Hall–Kier alpha value is -2.04. The van der Waals surface area contributed by atoms with Gasteiger partial charge in [0, 0.05) is 19.6 Å². The molecule has 0 saturated carbocycles. The van der Waals surface area contributed by atoms with E-state index in [4.69, 9.17) is 4.74 Å². The van der Waals surface area contributed by atoms with Crippen LogP contribution in [-0.4, -0.2) is 43.5 Å². The number of methoxy groups -OCH3 is 1. The summed E-state index contributed by atoms with van der Waals surface area (Å²) >= 11 is 0. The molecule has 0 radical (unpaired) electrons. The Morgan fingerprint density at radius 1 is 1.28 bits per heavy atom. The number of likely N-dealkylation sites (tertiary alicyclic amines) is 1. The molecule has 0 aromatic heterocycles. The largest absolute Gasteiger partial charge is 0.497 e. The minimum absolute atomic E-state index is 0.0710. The number of rotatable bonds is 6. The highest BCUT2D eigenvalue weighted by Gasteiger charge is 2.39. The summed E-state index contributed by atoms with van der Waals surface area (Å²) in [6.07, 6.45) is 2.73. The first-order valence-corrected chi connectivity index (χ1v) is 9.05. The molecule has 1 aromatic rings. The van der Waals surface area contributed by atoms with E-state index in [1.807, 2.05) is 29.2 Å². The summed E-state index contributed by atoms with van der Waals surface area (Å²) in [6.45, 7) is 7.64. The van der Waals surface area contributed by atoms with E-state index in [0.717, 1.165) is 37.2 Å². The third-order valence-electron chi connectivity index (χ3n) is 5.01. The number of carbonyl (C=O) groups excluding carboxylic acids is 2. The number of carbonyl (C=O) groups is 2. The number of nitrogens with one attached hydrogen (secondary N) is 1. The van der Waals surface area contributed by atoms with Gasteiger partial charge in [-0.05, 0) is 56.7 Å². The Kier molecular flexibility index (Phi) is 6.45. The molecule has 1 N–H and O–H groups in total. The molecule has 0 atom stereocenters. The molecule has 2 rings (SSSR count). The number of amides is 2. The van der Waals surface area contributed by atoms with Gasteiger partial charge in [-0.1, -0.05) is 19.1 Å². The number of piperidine rings is 1. The fraction of sp³-hybridized carbons (Fsp3) is 0.600. The molecule has 5 nitrogen and oxygen atoms in total. The molecule has 1 fully saturated rings. The molecule has 138 valence electrons. The van der Waals surface area contributed by atoms with Crippen molar-refractivity contribution in [2.24, 2.45) is 11.3 Å². The summed E-state index contributed by atoms with van der Waals surface area (Å²) in [5.74, 6) is 1.18. The molecule has 2 amide bonds. The number of nitrogens with zero attached hydrogens (tertiary/aromatic N) is 1. The maximum atomic E-state index is 12.7. The van der Waals surface area contributed by atoms with Crippen molar-refractivity contribution in [2.45, 2.75) is 40.0 Å². The van der Waals surface area contributed by atoms with E-state index < -0.39 is 5.41 Å². The van der Waals surface area contributed by atoms with Crippen LogP contribution >= 0.6 is 0 Å². The second-order valence-corrected chi connectivity index (χ2v) is 7.46. The van der Waals surface area contributed by atoms with Crippen molar-refractivity contribution in [1.29, 1.82) is 0 Å². The average Bonchev–Trinajstić information content (AvgIpc) is 2.61. The first kappa shape index (κ1) is 19.3. The topological polar surface area (TPSA) is 58.6 Å². The summed E-state index contributed by atoms with van der Waals surface area (Å²) < 4.78 is 5.21. The van der Waals surface area contributed by atoms with Crippen molar-refractivity contribution in [3.05, 3.63) is 29.8 Å². The van der Waals surface area contributed by atoms with Crippen LogP contribution in [0.3, 0.4) is 0 Å². The summed E-state index contributed by atoms with van der Waals surface area (Å²) in [5, 5.41) is 2.91. The van der Waals surface area contributed by atoms with Crippen molar-refractivity contribution in [1.82, 2.24) is 10.2 Å². The molecule has 0 aliphatic carbocycles. The van der Waals surface area contributed by atoms with E-state index in [1.165, 1.54) is 0 Å². The van der Waals surface area contributed by atoms with Crippen LogP contribution in [0.5, 0.6) is 5.75 Å². The highest BCUT2D eigenvalue weighted by atomic mass is 16.5. The van der Waals surface area contributed by atoms with Gasteiger partial charge in [0.05, 0.1) is 7.11 Å². The maximum absolute atomic E-state index is 12.7. The Bertz CT molecular complexity index is 605. The van der Waals surface area contributed by atoms with Crippen LogP contribution in [0, 0.1) is 11.3 Å². The van der Waals surface area contributed by atoms with Crippen LogP contribution in [0.2, 0.25) is 0 Å². The molecule has 5 heteroatoms. The predicted octanol–water partition coefficient (Wildman–Crippen LogP) is 2.64. The zero-order valence-corrected chi connectivity index (χ0v) is 15.8. The zero-order chi connectivity index (χ0) is 18.4. The molecule has 0 spiro atoms. The van der Waals surface area contributed by atoms with E-state index in [0.29, 0.717) is 18.9 Å². The van der Waals surface area contributed by atoms with Crippen LogP contribution in [0.4, 0.5) is 0 Å². The lowest BCUT2D eigenvalue weighted by atomic mass is 9.88. The summed E-state index contributed by atoms with van der Waals surface area (Å²) in [5.41, 5.74) is 0.0587. The van der Waals surface area contributed by atoms with Crippen molar-refractivity contribution < 1.29 is 14.3 Å². The maximum Gasteiger partial charge on any atom is 0.237 e. The van der Waals surface area contributed by atoms with Gasteiger partial charge in [0.25, 0.3) is 0 Å². The normalized spacial score (nSPS) is 15.8. The molecule has 0 unspecified atom stereocenters. The van der Waals surface area contributed by atoms with Crippen LogP contribution < -0.4 is 10.1 Å². The van der Waals surface area contributed by atoms with Crippen molar-refractivity contribution >= 4 is 11.8 Å².